The van der Waals surface area contributed by atoms with Gasteiger partial charge in [0, 0.05) is 6.54 Å². The summed E-state index contributed by atoms with van der Waals surface area (Å²) in [4.78, 5) is 21.0. The first kappa shape index (κ1) is 9.31. The second-order valence-electron chi connectivity index (χ2n) is 2.68. The first-order valence-electron chi connectivity index (χ1n) is 3.64. The molecule has 0 saturated carbocycles. The summed E-state index contributed by atoms with van der Waals surface area (Å²) in [7, 11) is 0. The summed E-state index contributed by atoms with van der Waals surface area (Å²) in [6.45, 7) is 1.63. The highest BCUT2D eigenvalue weighted by Crippen LogP contribution is 2.12. The van der Waals surface area contributed by atoms with Crippen molar-refractivity contribution in [2.24, 2.45) is 0 Å². The summed E-state index contributed by atoms with van der Waals surface area (Å²) in [6, 6.07) is 0. The predicted octanol–water partition coefficient (Wildman–Crippen LogP) is -0.0408. The molecule has 1 rings (SSSR count). The van der Waals surface area contributed by atoms with Gasteiger partial charge < -0.3 is 15.5 Å². The number of carbonyl (C=O) groups is 2. The van der Waals surface area contributed by atoms with Crippen LogP contribution in [0.5, 0.6) is 0 Å². The van der Waals surface area contributed by atoms with Crippen molar-refractivity contribution < 1.29 is 19.8 Å². The van der Waals surface area contributed by atoms with Crippen LogP contribution in [0.4, 0.5) is 0 Å². The fourth-order valence-corrected chi connectivity index (χ4v) is 1.06. The molecule has 70 valence electrons. The minimum Gasteiger partial charge on any atom is -0.478 e. The van der Waals surface area contributed by atoms with Crippen LogP contribution in [0.1, 0.15) is 6.92 Å². The molecule has 0 amide bonds. The van der Waals surface area contributed by atoms with Gasteiger partial charge in [0.25, 0.3) is 0 Å². The van der Waals surface area contributed by atoms with Gasteiger partial charge in [0.05, 0.1) is 5.57 Å². The average molecular weight is 183 g/mol. The number of rotatable bonds is 2. The lowest BCUT2D eigenvalue weighted by atomic mass is 10.1. The highest BCUT2D eigenvalue weighted by atomic mass is 16.4. The van der Waals surface area contributed by atoms with Crippen LogP contribution >= 0.6 is 0 Å². The first-order chi connectivity index (χ1) is 6.02. The summed E-state index contributed by atoms with van der Waals surface area (Å²) < 4.78 is 0. The van der Waals surface area contributed by atoms with Gasteiger partial charge in [-0.25, -0.2) is 9.59 Å². The molecule has 0 saturated heterocycles. The van der Waals surface area contributed by atoms with Crippen molar-refractivity contribution in [3.8, 4) is 0 Å². The van der Waals surface area contributed by atoms with Crippen molar-refractivity contribution in [2.75, 3.05) is 6.54 Å². The maximum Gasteiger partial charge on any atom is 0.351 e. The molecule has 5 nitrogen and oxygen atoms in total. The van der Waals surface area contributed by atoms with Gasteiger partial charge in [-0.1, -0.05) is 0 Å². The fourth-order valence-electron chi connectivity index (χ4n) is 1.06. The molecule has 0 spiro atoms. The van der Waals surface area contributed by atoms with E-state index in [0.717, 1.165) is 0 Å². The molecule has 0 aromatic heterocycles. The molecule has 1 heterocycles. The molecule has 0 radical (unpaired) electrons. The van der Waals surface area contributed by atoms with Crippen LogP contribution in [-0.4, -0.2) is 28.7 Å². The molecule has 0 unspecified atom stereocenters. The van der Waals surface area contributed by atoms with E-state index < -0.39 is 11.9 Å². The topological polar surface area (TPSA) is 86.6 Å². The average Bonchev–Trinajstić information content (AvgIpc) is 2.03. The SMILES string of the molecule is CC1=C(C(=O)O)CNC(C(=O)O)=C1. The maximum absolute atomic E-state index is 10.6. The number of aliphatic carboxylic acids is 2. The summed E-state index contributed by atoms with van der Waals surface area (Å²) in [6.07, 6.45) is 1.31. The Morgan fingerprint density at radius 3 is 2.38 bits per heavy atom. The maximum atomic E-state index is 10.6. The molecule has 0 atom stereocenters. The molecule has 0 aromatic carbocycles. The molecule has 1 aliphatic rings. The summed E-state index contributed by atoms with van der Waals surface area (Å²) in [5.74, 6) is -2.10. The Bertz CT molecular complexity index is 327. The van der Waals surface area contributed by atoms with Crippen LogP contribution in [0.2, 0.25) is 0 Å². The van der Waals surface area contributed by atoms with Crippen LogP contribution in [0.25, 0.3) is 0 Å². The van der Waals surface area contributed by atoms with Gasteiger partial charge in [-0.05, 0) is 18.6 Å². The van der Waals surface area contributed by atoms with Crippen LogP contribution in [0, 0.1) is 0 Å². The summed E-state index contributed by atoms with van der Waals surface area (Å²) in [5, 5.41) is 19.7. The van der Waals surface area contributed by atoms with Crippen molar-refractivity contribution in [1.29, 1.82) is 0 Å². The molecule has 0 aliphatic carbocycles. The number of hydrogen-bond donors (Lipinski definition) is 3. The fraction of sp³-hybridized carbons (Fsp3) is 0.250. The van der Waals surface area contributed by atoms with Crippen molar-refractivity contribution in [1.82, 2.24) is 5.32 Å². The van der Waals surface area contributed by atoms with Gasteiger partial charge >= 0.3 is 11.9 Å². The van der Waals surface area contributed by atoms with Crippen molar-refractivity contribution in [3.63, 3.8) is 0 Å². The van der Waals surface area contributed by atoms with Gasteiger partial charge in [0.2, 0.25) is 0 Å². The van der Waals surface area contributed by atoms with Crippen LogP contribution in [-0.2, 0) is 9.59 Å². The third-order valence-corrected chi connectivity index (χ3v) is 1.78. The molecular formula is C8H9NO4. The number of nitrogens with one attached hydrogen (secondary N) is 1. The minimum absolute atomic E-state index is 0.0301. The molecule has 0 fully saturated rings. The Hall–Kier alpha value is -1.78. The second-order valence-corrected chi connectivity index (χ2v) is 2.68. The minimum atomic E-state index is -1.08. The van der Waals surface area contributed by atoms with Crippen molar-refractivity contribution in [3.05, 3.63) is 22.9 Å². The van der Waals surface area contributed by atoms with Gasteiger partial charge in [-0.2, -0.15) is 0 Å². The lowest BCUT2D eigenvalue weighted by Crippen LogP contribution is -2.28. The number of carboxylic acid groups (broad SMARTS) is 2. The van der Waals surface area contributed by atoms with E-state index in [4.69, 9.17) is 10.2 Å². The van der Waals surface area contributed by atoms with E-state index in [1.807, 2.05) is 0 Å². The third kappa shape index (κ3) is 1.87. The quantitative estimate of drug-likeness (QED) is 0.559. The third-order valence-electron chi connectivity index (χ3n) is 1.78. The lowest BCUT2D eigenvalue weighted by molar-refractivity contribution is -0.134. The Kier molecular flexibility index (Phi) is 2.36. The van der Waals surface area contributed by atoms with E-state index in [1.54, 1.807) is 6.92 Å². The van der Waals surface area contributed by atoms with E-state index in [2.05, 4.69) is 5.32 Å². The van der Waals surface area contributed by atoms with E-state index in [0.29, 0.717) is 5.57 Å². The number of hydrogen-bond acceptors (Lipinski definition) is 3. The zero-order valence-electron chi connectivity index (χ0n) is 7.00. The van der Waals surface area contributed by atoms with Crippen molar-refractivity contribution >= 4 is 11.9 Å². The van der Waals surface area contributed by atoms with E-state index in [9.17, 15) is 9.59 Å². The molecule has 1 aliphatic heterocycles. The number of dihydropyridines is 1. The highest BCUT2D eigenvalue weighted by molar-refractivity contribution is 5.92. The normalized spacial score (nSPS) is 16.2. The number of carboxylic acids is 2. The van der Waals surface area contributed by atoms with E-state index in [1.165, 1.54) is 6.08 Å². The molecule has 0 bridgehead atoms. The Morgan fingerprint density at radius 2 is 2.00 bits per heavy atom. The van der Waals surface area contributed by atoms with Crippen LogP contribution in [0.3, 0.4) is 0 Å². The Balaban J connectivity index is 3.00. The van der Waals surface area contributed by atoms with Gasteiger partial charge in [0.15, 0.2) is 0 Å². The zero-order chi connectivity index (χ0) is 10.0. The second kappa shape index (κ2) is 3.30. The molecule has 5 heteroatoms. The Labute approximate surface area is 74.4 Å². The number of allylic oxidation sites excluding steroid dienone is 2. The van der Waals surface area contributed by atoms with Gasteiger partial charge in [-0.3, -0.25) is 0 Å². The molecule has 13 heavy (non-hydrogen) atoms. The predicted molar refractivity (Wildman–Crippen MR) is 44.1 cm³/mol. The monoisotopic (exact) mass is 183 g/mol. The van der Waals surface area contributed by atoms with Gasteiger partial charge in [0.1, 0.15) is 5.70 Å². The van der Waals surface area contributed by atoms with Crippen LogP contribution in [0.15, 0.2) is 22.9 Å². The van der Waals surface area contributed by atoms with Crippen LogP contribution < -0.4 is 5.32 Å². The van der Waals surface area contributed by atoms with E-state index in [-0.39, 0.29) is 17.8 Å². The smallest absolute Gasteiger partial charge is 0.351 e. The molecular weight excluding hydrogens is 174 g/mol. The Morgan fingerprint density at radius 1 is 1.38 bits per heavy atom. The summed E-state index contributed by atoms with van der Waals surface area (Å²) >= 11 is 0. The first-order valence-corrected chi connectivity index (χ1v) is 3.64. The van der Waals surface area contributed by atoms with E-state index >= 15 is 0 Å². The van der Waals surface area contributed by atoms with Gasteiger partial charge in [-0.15, -0.1) is 0 Å². The zero-order valence-corrected chi connectivity index (χ0v) is 7.00. The standard InChI is InChI=1S/C8H9NO4/c1-4-2-6(8(12)13)9-3-5(4)7(10)11/h2,9H,3H2,1H3,(H,10,11)(H,12,13). The summed E-state index contributed by atoms with van der Waals surface area (Å²) in [5.41, 5.74) is 0.705. The van der Waals surface area contributed by atoms with Crippen molar-refractivity contribution in [2.45, 2.75) is 6.92 Å². The molecule has 3 N–H and O–H groups in total. The highest BCUT2D eigenvalue weighted by Gasteiger charge is 2.18. The largest absolute Gasteiger partial charge is 0.478 e. The lowest BCUT2D eigenvalue weighted by Gasteiger charge is -2.14. The molecule has 0 aromatic rings.